The Morgan fingerprint density at radius 1 is 1.22 bits per heavy atom. The molecule has 0 saturated carbocycles. The zero-order valence-corrected chi connectivity index (χ0v) is 11.9. The van der Waals surface area contributed by atoms with Gasteiger partial charge in [0, 0.05) is 20.2 Å². The molecule has 0 saturated heterocycles. The summed E-state index contributed by atoms with van der Waals surface area (Å²) in [7, 11) is 3.76. The quantitative estimate of drug-likeness (QED) is 0.724. The minimum Gasteiger partial charge on any atom is -0.383 e. The molecule has 0 aliphatic heterocycles. The highest BCUT2D eigenvalue weighted by Crippen LogP contribution is 2.12. The van der Waals surface area contributed by atoms with Gasteiger partial charge >= 0.3 is 0 Å². The van der Waals surface area contributed by atoms with E-state index in [2.05, 4.69) is 41.4 Å². The predicted molar refractivity (Wildman–Crippen MR) is 76.9 cm³/mol. The Hall–Kier alpha value is -0.900. The average Bonchev–Trinajstić information content (AvgIpc) is 2.42. The maximum absolute atomic E-state index is 5.16. The number of nitrogens with one attached hydrogen (secondary N) is 1. The summed E-state index contributed by atoms with van der Waals surface area (Å²) >= 11 is 0. The summed E-state index contributed by atoms with van der Waals surface area (Å²) in [5.74, 6) is 0. The molecule has 0 heterocycles. The van der Waals surface area contributed by atoms with Crippen molar-refractivity contribution in [2.75, 3.05) is 40.4 Å². The molecule has 18 heavy (non-hydrogen) atoms. The van der Waals surface area contributed by atoms with Crippen LogP contribution in [0, 0.1) is 0 Å². The van der Waals surface area contributed by atoms with Gasteiger partial charge in [0.1, 0.15) is 0 Å². The Balaban J connectivity index is 2.63. The first-order valence-corrected chi connectivity index (χ1v) is 6.74. The van der Waals surface area contributed by atoms with E-state index in [0.717, 1.165) is 39.2 Å². The molecular formula is C15H26N2O. The van der Waals surface area contributed by atoms with Gasteiger partial charge < -0.3 is 10.1 Å². The van der Waals surface area contributed by atoms with Crippen molar-refractivity contribution in [2.45, 2.75) is 19.9 Å². The first kappa shape index (κ1) is 15.2. The van der Waals surface area contributed by atoms with E-state index in [-0.39, 0.29) is 0 Å². The standard InChI is InChI=1S/C15H26N2O/c1-4-17(11-12-18-3)13-15-8-6-5-7-14(15)9-10-16-2/h5-8,16H,4,9-13H2,1-3H3. The number of rotatable bonds is 9. The van der Waals surface area contributed by atoms with Crippen molar-refractivity contribution < 1.29 is 4.74 Å². The highest BCUT2D eigenvalue weighted by atomic mass is 16.5. The summed E-state index contributed by atoms with van der Waals surface area (Å²) < 4.78 is 5.16. The molecule has 0 fully saturated rings. The van der Waals surface area contributed by atoms with Crippen LogP contribution in [0.4, 0.5) is 0 Å². The Morgan fingerprint density at radius 3 is 2.56 bits per heavy atom. The number of likely N-dealkylation sites (N-methyl/N-ethyl adjacent to an activating group) is 2. The predicted octanol–water partition coefficient (Wildman–Crippen LogP) is 1.92. The van der Waals surface area contributed by atoms with Crippen LogP contribution in [0.5, 0.6) is 0 Å². The lowest BCUT2D eigenvalue weighted by Gasteiger charge is -2.21. The van der Waals surface area contributed by atoms with E-state index in [1.165, 1.54) is 11.1 Å². The van der Waals surface area contributed by atoms with Gasteiger partial charge in [-0.3, -0.25) is 4.90 Å². The summed E-state index contributed by atoms with van der Waals surface area (Å²) in [4.78, 5) is 2.42. The number of nitrogens with zero attached hydrogens (tertiary/aromatic N) is 1. The Labute approximate surface area is 111 Å². The Morgan fingerprint density at radius 2 is 1.94 bits per heavy atom. The van der Waals surface area contributed by atoms with Crippen molar-refractivity contribution in [1.29, 1.82) is 0 Å². The van der Waals surface area contributed by atoms with Gasteiger partial charge in [0.05, 0.1) is 6.61 Å². The summed E-state index contributed by atoms with van der Waals surface area (Å²) in [5, 5.41) is 3.21. The monoisotopic (exact) mass is 250 g/mol. The fraction of sp³-hybridized carbons (Fsp3) is 0.600. The molecule has 1 aromatic rings. The molecule has 0 spiro atoms. The number of ether oxygens (including phenoxy) is 1. The lowest BCUT2D eigenvalue weighted by Crippen LogP contribution is -2.27. The largest absolute Gasteiger partial charge is 0.383 e. The normalized spacial score (nSPS) is 11.1. The van der Waals surface area contributed by atoms with Crippen LogP contribution in [0.15, 0.2) is 24.3 Å². The number of hydrogen-bond donors (Lipinski definition) is 1. The van der Waals surface area contributed by atoms with Crippen molar-refractivity contribution >= 4 is 0 Å². The molecule has 3 heteroatoms. The fourth-order valence-electron chi connectivity index (χ4n) is 2.03. The third kappa shape index (κ3) is 5.17. The van der Waals surface area contributed by atoms with Crippen molar-refractivity contribution in [3.05, 3.63) is 35.4 Å². The van der Waals surface area contributed by atoms with Crippen LogP contribution in [-0.2, 0) is 17.7 Å². The molecule has 0 atom stereocenters. The SMILES string of the molecule is CCN(CCOC)Cc1ccccc1CCNC. The lowest BCUT2D eigenvalue weighted by atomic mass is 10.0. The van der Waals surface area contributed by atoms with E-state index in [1.807, 2.05) is 7.05 Å². The Bertz CT molecular complexity index is 328. The highest BCUT2D eigenvalue weighted by Gasteiger charge is 2.07. The number of benzene rings is 1. The van der Waals surface area contributed by atoms with Crippen LogP contribution in [-0.4, -0.2) is 45.3 Å². The van der Waals surface area contributed by atoms with Crippen LogP contribution < -0.4 is 5.32 Å². The highest BCUT2D eigenvalue weighted by molar-refractivity contribution is 5.27. The molecule has 0 aliphatic carbocycles. The Kier molecular flexibility index (Phi) is 7.65. The summed E-state index contributed by atoms with van der Waals surface area (Å²) in [5.41, 5.74) is 2.88. The second kappa shape index (κ2) is 9.09. The first-order valence-electron chi connectivity index (χ1n) is 6.74. The van der Waals surface area contributed by atoms with Crippen molar-refractivity contribution in [1.82, 2.24) is 10.2 Å². The van der Waals surface area contributed by atoms with E-state index in [4.69, 9.17) is 4.74 Å². The zero-order chi connectivity index (χ0) is 13.2. The van der Waals surface area contributed by atoms with E-state index in [0.29, 0.717) is 0 Å². The molecular weight excluding hydrogens is 224 g/mol. The molecule has 3 nitrogen and oxygen atoms in total. The smallest absolute Gasteiger partial charge is 0.0589 e. The van der Waals surface area contributed by atoms with Gasteiger partial charge in [-0.2, -0.15) is 0 Å². The van der Waals surface area contributed by atoms with Gasteiger partial charge in [-0.25, -0.2) is 0 Å². The van der Waals surface area contributed by atoms with Crippen LogP contribution in [0.25, 0.3) is 0 Å². The topological polar surface area (TPSA) is 24.5 Å². The van der Waals surface area contributed by atoms with Gasteiger partial charge in [-0.15, -0.1) is 0 Å². The van der Waals surface area contributed by atoms with Gasteiger partial charge in [-0.1, -0.05) is 31.2 Å². The molecule has 1 N–H and O–H groups in total. The van der Waals surface area contributed by atoms with Gasteiger partial charge in [0.25, 0.3) is 0 Å². The maximum atomic E-state index is 5.16. The molecule has 0 unspecified atom stereocenters. The molecule has 1 aromatic carbocycles. The minimum absolute atomic E-state index is 0.798. The van der Waals surface area contributed by atoms with E-state index in [9.17, 15) is 0 Å². The fourth-order valence-corrected chi connectivity index (χ4v) is 2.03. The van der Waals surface area contributed by atoms with Crippen LogP contribution in [0.3, 0.4) is 0 Å². The average molecular weight is 250 g/mol. The first-order chi connectivity index (χ1) is 8.81. The molecule has 0 aromatic heterocycles. The number of hydrogen-bond acceptors (Lipinski definition) is 3. The molecule has 0 radical (unpaired) electrons. The molecule has 0 bridgehead atoms. The van der Waals surface area contributed by atoms with Crippen molar-refractivity contribution in [3.8, 4) is 0 Å². The molecule has 0 amide bonds. The number of methoxy groups -OCH3 is 1. The lowest BCUT2D eigenvalue weighted by molar-refractivity contribution is 0.147. The second-order valence-electron chi connectivity index (χ2n) is 4.48. The summed E-state index contributed by atoms with van der Waals surface area (Å²) in [6.45, 7) is 7.09. The van der Waals surface area contributed by atoms with E-state index >= 15 is 0 Å². The molecule has 1 rings (SSSR count). The van der Waals surface area contributed by atoms with Gasteiger partial charge in [0.15, 0.2) is 0 Å². The summed E-state index contributed by atoms with van der Waals surface area (Å²) in [6, 6.07) is 8.72. The maximum Gasteiger partial charge on any atom is 0.0589 e. The van der Waals surface area contributed by atoms with E-state index in [1.54, 1.807) is 7.11 Å². The third-order valence-electron chi connectivity index (χ3n) is 3.22. The van der Waals surface area contributed by atoms with E-state index < -0.39 is 0 Å². The molecule has 0 aliphatic rings. The third-order valence-corrected chi connectivity index (χ3v) is 3.22. The van der Waals surface area contributed by atoms with Gasteiger partial charge in [0.2, 0.25) is 0 Å². The van der Waals surface area contributed by atoms with Crippen molar-refractivity contribution in [3.63, 3.8) is 0 Å². The molecule has 102 valence electrons. The van der Waals surface area contributed by atoms with Crippen LogP contribution in [0.1, 0.15) is 18.1 Å². The summed E-state index contributed by atoms with van der Waals surface area (Å²) in [6.07, 6.45) is 1.09. The van der Waals surface area contributed by atoms with Crippen molar-refractivity contribution in [2.24, 2.45) is 0 Å². The van der Waals surface area contributed by atoms with Crippen LogP contribution >= 0.6 is 0 Å². The van der Waals surface area contributed by atoms with Crippen LogP contribution in [0.2, 0.25) is 0 Å². The van der Waals surface area contributed by atoms with Gasteiger partial charge in [-0.05, 0) is 37.7 Å². The minimum atomic E-state index is 0.798. The second-order valence-corrected chi connectivity index (χ2v) is 4.48. The zero-order valence-electron chi connectivity index (χ0n) is 11.9.